The third-order valence-corrected chi connectivity index (χ3v) is 4.35. The molecule has 18 heavy (non-hydrogen) atoms. The van der Waals surface area contributed by atoms with E-state index in [0.29, 0.717) is 13.0 Å². The molecular weight excluding hydrogens is 292 g/mol. The lowest BCUT2D eigenvalue weighted by Gasteiger charge is -2.40. The van der Waals surface area contributed by atoms with Gasteiger partial charge >= 0.3 is 0 Å². The molecule has 1 aliphatic rings. The van der Waals surface area contributed by atoms with Crippen molar-refractivity contribution in [3.8, 4) is 0 Å². The number of hydrogen-bond acceptors (Lipinski definition) is 2. The summed E-state index contributed by atoms with van der Waals surface area (Å²) < 4.78 is 0.973. The van der Waals surface area contributed by atoms with Gasteiger partial charge in [-0.2, -0.15) is 0 Å². The molecule has 0 radical (unpaired) electrons. The molecule has 4 heteroatoms. The second-order valence-corrected chi connectivity index (χ2v) is 6.16. The quantitative estimate of drug-likeness (QED) is 0.897. The van der Waals surface area contributed by atoms with Gasteiger partial charge in [-0.15, -0.1) is 0 Å². The van der Waals surface area contributed by atoms with E-state index >= 15 is 0 Å². The van der Waals surface area contributed by atoms with E-state index in [0.717, 1.165) is 28.6 Å². The van der Waals surface area contributed by atoms with Crippen LogP contribution in [0.5, 0.6) is 0 Å². The molecule has 1 aromatic rings. The minimum absolute atomic E-state index is 0.0595. The average Bonchev–Trinajstić information content (AvgIpc) is 2.28. The number of hydrogen-bond donors (Lipinski definition) is 2. The minimum Gasteiger partial charge on any atom is -0.330 e. The van der Waals surface area contributed by atoms with Crippen molar-refractivity contribution >= 4 is 27.5 Å². The first-order valence-corrected chi connectivity index (χ1v) is 7.10. The lowest BCUT2D eigenvalue weighted by atomic mass is 9.66. The van der Waals surface area contributed by atoms with Gasteiger partial charge in [-0.1, -0.05) is 28.4 Å². The number of carbonyl (C=O) groups is 1. The second-order valence-electron chi connectivity index (χ2n) is 5.24. The van der Waals surface area contributed by atoms with E-state index in [-0.39, 0.29) is 11.3 Å². The van der Waals surface area contributed by atoms with Gasteiger partial charge in [0.2, 0.25) is 5.91 Å². The van der Waals surface area contributed by atoms with Crippen molar-refractivity contribution in [2.24, 2.45) is 11.1 Å². The van der Waals surface area contributed by atoms with Gasteiger partial charge in [0.25, 0.3) is 0 Å². The van der Waals surface area contributed by atoms with E-state index < -0.39 is 0 Å². The third kappa shape index (κ3) is 2.93. The summed E-state index contributed by atoms with van der Waals surface area (Å²) in [5, 5.41) is 2.98. The zero-order valence-electron chi connectivity index (χ0n) is 10.6. The molecule has 0 atom stereocenters. The third-order valence-electron chi connectivity index (χ3n) is 3.86. The van der Waals surface area contributed by atoms with Crippen molar-refractivity contribution in [1.82, 2.24) is 0 Å². The summed E-state index contributed by atoms with van der Waals surface area (Å²) in [6, 6.07) is 5.89. The summed E-state index contributed by atoms with van der Waals surface area (Å²) in [5.41, 5.74) is 7.78. The molecule has 1 aliphatic carbocycles. The van der Waals surface area contributed by atoms with Crippen LogP contribution in [0.15, 0.2) is 22.7 Å². The van der Waals surface area contributed by atoms with E-state index in [2.05, 4.69) is 21.2 Å². The molecule has 0 saturated heterocycles. The highest BCUT2D eigenvalue weighted by Gasteiger charge is 2.37. The van der Waals surface area contributed by atoms with E-state index in [1.54, 1.807) is 0 Å². The van der Waals surface area contributed by atoms with Gasteiger partial charge in [0.15, 0.2) is 0 Å². The molecule has 1 saturated carbocycles. The Kier molecular flexibility index (Phi) is 4.07. The molecular formula is C14H19BrN2O. The molecule has 3 nitrogen and oxygen atoms in total. The van der Waals surface area contributed by atoms with E-state index in [1.807, 2.05) is 25.1 Å². The van der Waals surface area contributed by atoms with Crippen LogP contribution in [-0.2, 0) is 4.79 Å². The maximum Gasteiger partial charge on any atom is 0.224 e. The average molecular weight is 311 g/mol. The Morgan fingerprint density at radius 3 is 2.78 bits per heavy atom. The lowest BCUT2D eigenvalue weighted by Crippen LogP contribution is -2.40. The Hall–Kier alpha value is -0.870. The lowest BCUT2D eigenvalue weighted by molar-refractivity contribution is -0.119. The van der Waals surface area contributed by atoms with Gasteiger partial charge in [-0.25, -0.2) is 0 Å². The number of halogens is 1. The molecule has 0 bridgehead atoms. The smallest absolute Gasteiger partial charge is 0.224 e. The van der Waals surface area contributed by atoms with Crippen LogP contribution in [0.3, 0.4) is 0 Å². The highest BCUT2D eigenvalue weighted by atomic mass is 79.9. The molecule has 1 amide bonds. The van der Waals surface area contributed by atoms with Crippen molar-refractivity contribution in [3.05, 3.63) is 28.2 Å². The van der Waals surface area contributed by atoms with E-state index in [9.17, 15) is 4.79 Å². The highest BCUT2D eigenvalue weighted by Crippen LogP contribution is 2.43. The predicted octanol–water partition coefficient (Wildman–Crippen LogP) is 3.22. The molecule has 1 fully saturated rings. The molecule has 0 aliphatic heterocycles. The maximum absolute atomic E-state index is 12.1. The van der Waals surface area contributed by atoms with Crippen molar-refractivity contribution in [1.29, 1.82) is 0 Å². The molecule has 2 rings (SSSR count). The predicted molar refractivity (Wildman–Crippen MR) is 77.5 cm³/mol. The molecule has 0 spiro atoms. The first-order valence-electron chi connectivity index (χ1n) is 6.31. The maximum atomic E-state index is 12.1. The number of rotatable bonds is 4. The second kappa shape index (κ2) is 5.41. The number of nitrogens with one attached hydrogen (secondary N) is 1. The Bertz CT molecular complexity index is 450. The van der Waals surface area contributed by atoms with Crippen molar-refractivity contribution in [2.45, 2.75) is 32.6 Å². The van der Waals surface area contributed by atoms with Crippen molar-refractivity contribution in [3.63, 3.8) is 0 Å². The van der Waals surface area contributed by atoms with E-state index in [1.165, 1.54) is 6.42 Å². The highest BCUT2D eigenvalue weighted by molar-refractivity contribution is 9.10. The fourth-order valence-electron chi connectivity index (χ4n) is 2.39. The van der Waals surface area contributed by atoms with Gasteiger partial charge in [0, 0.05) is 16.6 Å². The Balaban J connectivity index is 2.00. The zero-order chi connectivity index (χ0) is 13.2. The van der Waals surface area contributed by atoms with Crippen molar-refractivity contribution < 1.29 is 4.79 Å². The summed E-state index contributed by atoms with van der Waals surface area (Å²) in [7, 11) is 0. The zero-order valence-corrected chi connectivity index (χ0v) is 12.2. The van der Waals surface area contributed by atoms with Gasteiger partial charge in [-0.05, 0) is 49.4 Å². The Morgan fingerprint density at radius 2 is 2.22 bits per heavy atom. The normalized spacial score (nSPS) is 17.1. The summed E-state index contributed by atoms with van der Waals surface area (Å²) in [5.74, 6) is 0.0707. The largest absolute Gasteiger partial charge is 0.330 e. The van der Waals surface area contributed by atoms with E-state index in [4.69, 9.17) is 5.73 Å². The van der Waals surface area contributed by atoms with Crippen LogP contribution < -0.4 is 11.1 Å². The Labute approximate surface area is 116 Å². The molecule has 3 N–H and O–H groups in total. The molecule has 0 unspecified atom stereocenters. The molecule has 1 aromatic carbocycles. The Morgan fingerprint density at radius 1 is 1.50 bits per heavy atom. The van der Waals surface area contributed by atoms with Crippen LogP contribution in [-0.4, -0.2) is 12.5 Å². The molecule has 98 valence electrons. The number of anilines is 1. The molecule has 0 heterocycles. The standard InChI is InChI=1S/C14H19BrN2O/c1-10-3-4-11(15)7-12(10)17-13(18)8-14(9-16)5-2-6-14/h3-4,7H,2,5-6,8-9,16H2,1H3,(H,17,18). The van der Waals surface area contributed by atoms with Crippen LogP contribution in [0.25, 0.3) is 0 Å². The SMILES string of the molecule is Cc1ccc(Br)cc1NC(=O)CC1(CN)CCC1. The van der Waals surface area contributed by atoms with Crippen LogP contribution in [0, 0.1) is 12.3 Å². The number of aryl methyl sites for hydroxylation is 1. The van der Waals surface area contributed by atoms with Crippen molar-refractivity contribution in [2.75, 3.05) is 11.9 Å². The van der Waals surface area contributed by atoms with Crippen LogP contribution >= 0.6 is 15.9 Å². The molecule has 0 aromatic heterocycles. The fourth-order valence-corrected chi connectivity index (χ4v) is 2.75. The summed E-state index contributed by atoms with van der Waals surface area (Å²) in [6.07, 6.45) is 3.89. The summed E-state index contributed by atoms with van der Waals surface area (Å²) in [6.45, 7) is 2.60. The van der Waals surface area contributed by atoms with Crippen LogP contribution in [0.1, 0.15) is 31.2 Å². The monoisotopic (exact) mass is 310 g/mol. The van der Waals surface area contributed by atoms with Crippen LogP contribution in [0.2, 0.25) is 0 Å². The van der Waals surface area contributed by atoms with Crippen LogP contribution in [0.4, 0.5) is 5.69 Å². The number of nitrogens with two attached hydrogens (primary N) is 1. The number of carbonyl (C=O) groups excluding carboxylic acids is 1. The van der Waals surface area contributed by atoms with Gasteiger partial charge in [0.05, 0.1) is 0 Å². The van der Waals surface area contributed by atoms with Gasteiger partial charge in [0.1, 0.15) is 0 Å². The summed E-state index contributed by atoms with van der Waals surface area (Å²) in [4.78, 5) is 12.1. The number of amides is 1. The minimum atomic E-state index is 0.0595. The van der Waals surface area contributed by atoms with Gasteiger partial charge < -0.3 is 11.1 Å². The topological polar surface area (TPSA) is 55.1 Å². The fraction of sp³-hybridized carbons (Fsp3) is 0.500. The first kappa shape index (κ1) is 13.6. The first-order chi connectivity index (χ1) is 8.54. The van der Waals surface area contributed by atoms with Gasteiger partial charge in [-0.3, -0.25) is 4.79 Å². The number of benzene rings is 1. The summed E-state index contributed by atoms with van der Waals surface area (Å²) >= 11 is 3.41.